The van der Waals surface area contributed by atoms with Crippen molar-refractivity contribution >= 4 is 74.6 Å². The van der Waals surface area contributed by atoms with E-state index in [9.17, 15) is 24.3 Å². The standard InChI is InChI=1S/C22H18ClN3O2.C16H14N2O3/c1-12-11-13(2)24-20(12)19(22(28)26-17-10-6-4-8-15(17)23)18-14-7-3-5-9-16(14)25-21(18)27;1-8-7-9(2)17-14(8)13(16(20)21)12-10-5-3-4-6-11(10)18-15(12)19/h3-11,24H,1-2H3,(H,25,27)(H,26,28);3-7,17H,1-2H3,(H,18,19)(H,20,21). The van der Waals surface area contributed by atoms with Gasteiger partial charge in [0.25, 0.3) is 17.7 Å². The molecule has 0 fully saturated rings. The lowest BCUT2D eigenvalue weighted by Gasteiger charge is -2.13. The first-order valence-electron chi connectivity index (χ1n) is 15.4. The molecule has 7 rings (SSSR count). The summed E-state index contributed by atoms with van der Waals surface area (Å²) in [5.41, 5.74) is 8.48. The Kier molecular flexibility index (Phi) is 8.82. The number of fused-ring (bicyclic) bond motifs is 2. The van der Waals surface area contributed by atoms with Gasteiger partial charge >= 0.3 is 5.97 Å². The number of hydrogen-bond acceptors (Lipinski definition) is 4. The van der Waals surface area contributed by atoms with Crippen LogP contribution in [-0.4, -0.2) is 38.8 Å². The largest absolute Gasteiger partial charge is 0.478 e. The number of para-hydroxylation sites is 3. The van der Waals surface area contributed by atoms with E-state index in [0.29, 0.717) is 50.2 Å². The fourth-order valence-corrected chi connectivity index (χ4v) is 6.33. The van der Waals surface area contributed by atoms with Crippen LogP contribution >= 0.6 is 11.6 Å². The Morgan fingerprint density at radius 2 is 1.10 bits per heavy atom. The zero-order chi connectivity index (χ0) is 35.0. The molecule has 0 aliphatic carbocycles. The van der Waals surface area contributed by atoms with E-state index in [1.165, 1.54) is 0 Å². The minimum Gasteiger partial charge on any atom is -0.478 e. The summed E-state index contributed by atoms with van der Waals surface area (Å²) in [4.78, 5) is 56.4. The fraction of sp³-hybridized carbons (Fsp3) is 0.105. The molecule has 0 atom stereocenters. The number of aromatic nitrogens is 2. The number of hydrogen-bond donors (Lipinski definition) is 6. The van der Waals surface area contributed by atoms with Gasteiger partial charge in [-0.15, -0.1) is 0 Å². The smallest absolute Gasteiger partial charge is 0.338 e. The molecule has 0 unspecified atom stereocenters. The Balaban J connectivity index is 0.000000177. The number of benzene rings is 3. The SMILES string of the molecule is Cc1cc(C)c(C(C(=O)Nc2ccccc2Cl)=C2C(=O)Nc3ccccc32)[nH]1.Cc1cc(C)c(C(C(=O)O)=C2C(=O)Nc3ccccc32)[nH]1. The number of carbonyl (C=O) groups is 4. The van der Waals surface area contributed by atoms with Gasteiger partial charge in [-0.05, 0) is 75.2 Å². The second-order valence-electron chi connectivity index (χ2n) is 11.8. The molecule has 3 aromatic carbocycles. The summed E-state index contributed by atoms with van der Waals surface area (Å²) in [7, 11) is 0. The van der Waals surface area contributed by atoms with Crippen molar-refractivity contribution in [2.24, 2.45) is 0 Å². The number of carboxylic acids is 1. The zero-order valence-electron chi connectivity index (χ0n) is 27.0. The number of aryl methyl sites for hydroxylation is 4. The maximum atomic E-state index is 13.3. The normalized spacial score (nSPS) is 15.0. The van der Waals surface area contributed by atoms with Gasteiger partial charge < -0.3 is 31.0 Å². The van der Waals surface area contributed by atoms with Crippen molar-refractivity contribution in [1.82, 2.24) is 9.97 Å². The third kappa shape index (κ3) is 6.29. The van der Waals surface area contributed by atoms with Crippen LogP contribution < -0.4 is 16.0 Å². The summed E-state index contributed by atoms with van der Waals surface area (Å²) >= 11 is 6.21. The highest BCUT2D eigenvalue weighted by molar-refractivity contribution is 6.47. The Labute approximate surface area is 286 Å². The molecule has 0 saturated heterocycles. The summed E-state index contributed by atoms with van der Waals surface area (Å²) in [6.07, 6.45) is 0. The second-order valence-corrected chi connectivity index (χ2v) is 12.2. The van der Waals surface area contributed by atoms with Crippen LogP contribution in [0.15, 0.2) is 84.9 Å². The lowest BCUT2D eigenvalue weighted by molar-refractivity contribution is -0.130. The Hall–Kier alpha value is -6.13. The van der Waals surface area contributed by atoms with Crippen LogP contribution in [0.4, 0.5) is 17.1 Å². The van der Waals surface area contributed by atoms with Gasteiger partial charge in [-0.3, -0.25) is 14.4 Å². The van der Waals surface area contributed by atoms with Crippen LogP contribution in [0.1, 0.15) is 45.0 Å². The highest BCUT2D eigenvalue weighted by Gasteiger charge is 2.33. The first kappa shape index (κ1) is 32.8. The van der Waals surface area contributed by atoms with Gasteiger partial charge in [0.15, 0.2) is 0 Å². The molecule has 11 heteroatoms. The maximum Gasteiger partial charge on any atom is 0.338 e. The van der Waals surface area contributed by atoms with Gasteiger partial charge in [-0.25, -0.2) is 4.79 Å². The molecule has 10 nitrogen and oxygen atoms in total. The molecular weight excluding hydrogens is 642 g/mol. The number of halogens is 1. The minimum atomic E-state index is -1.12. The van der Waals surface area contributed by atoms with E-state index in [4.69, 9.17) is 11.6 Å². The molecule has 2 aromatic heterocycles. The summed E-state index contributed by atoms with van der Waals surface area (Å²) in [6.45, 7) is 7.48. The maximum absolute atomic E-state index is 13.3. The number of H-pyrrole nitrogens is 2. The number of aliphatic carboxylic acids is 1. The number of anilines is 3. The fourth-order valence-electron chi connectivity index (χ4n) is 6.15. The average Bonchev–Trinajstić information content (AvgIpc) is 3.77. The van der Waals surface area contributed by atoms with E-state index in [1.54, 1.807) is 48.5 Å². The van der Waals surface area contributed by atoms with Crippen LogP contribution in [0, 0.1) is 27.7 Å². The molecule has 0 radical (unpaired) electrons. The van der Waals surface area contributed by atoms with E-state index in [-0.39, 0.29) is 28.5 Å². The van der Waals surface area contributed by atoms with Crippen LogP contribution in [0.3, 0.4) is 0 Å². The van der Waals surface area contributed by atoms with E-state index in [2.05, 4.69) is 25.9 Å². The molecule has 0 saturated carbocycles. The van der Waals surface area contributed by atoms with E-state index in [0.717, 1.165) is 22.5 Å². The Bertz CT molecular complexity index is 2260. The predicted molar refractivity (Wildman–Crippen MR) is 192 cm³/mol. The molecule has 246 valence electrons. The Morgan fingerprint density at radius 1 is 0.653 bits per heavy atom. The van der Waals surface area contributed by atoms with Crippen molar-refractivity contribution in [2.75, 3.05) is 16.0 Å². The second kappa shape index (κ2) is 13.2. The number of rotatable bonds is 5. The summed E-state index contributed by atoms with van der Waals surface area (Å²) in [5, 5.41) is 18.4. The number of carbonyl (C=O) groups excluding carboxylic acids is 3. The van der Waals surface area contributed by atoms with Crippen molar-refractivity contribution < 1.29 is 24.3 Å². The summed E-state index contributed by atoms with van der Waals surface area (Å²) in [6, 6.07) is 25.2. The molecule has 0 spiro atoms. The molecule has 49 heavy (non-hydrogen) atoms. The van der Waals surface area contributed by atoms with Crippen molar-refractivity contribution in [3.63, 3.8) is 0 Å². The van der Waals surface area contributed by atoms with Crippen molar-refractivity contribution in [2.45, 2.75) is 27.7 Å². The quantitative estimate of drug-likeness (QED) is 0.108. The van der Waals surface area contributed by atoms with E-state index < -0.39 is 11.9 Å². The monoisotopic (exact) mass is 673 g/mol. The lowest BCUT2D eigenvalue weighted by Crippen LogP contribution is -2.18. The van der Waals surface area contributed by atoms with Crippen molar-refractivity contribution in [1.29, 1.82) is 0 Å². The predicted octanol–water partition coefficient (Wildman–Crippen LogP) is 7.37. The number of carboxylic acid groups (broad SMARTS) is 1. The number of aromatic amines is 2. The van der Waals surface area contributed by atoms with Crippen molar-refractivity contribution in [3.05, 3.63) is 135 Å². The van der Waals surface area contributed by atoms with E-state index >= 15 is 0 Å². The third-order valence-corrected chi connectivity index (χ3v) is 8.53. The third-order valence-electron chi connectivity index (χ3n) is 8.21. The van der Waals surface area contributed by atoms with Crippen molar-refractivity contribution in [3.8, 4) is 0 Å². The summed E-state index contributed by atoms with van der Waals surface area (Å²) < 4.78 is 0. The Morgan fingerprint density at radius 3 is 1.57 bits per heavy atom. The minimum absolute atomic E-state index is 0.00282. The zero-order valence-corrected chi connectivity index (χ0v) is 27.8. The molecule has 0 bridgehead atoms. The highest BCUT2D eigenvalue weighted by atomic mass is 35.5. The highest BCUT2D eigenvalue weighted by Crippen LogP contribution is 2.39. The molecule has 2 aliphatic heterocycles. The average molecular weight is 674 g/mol. The number of amides is 3. The van der Waals surface area contributed by atoms with Crippen LogP contribution in [0.2, 0.25) is 5.02 Å². The lowest BCUT2D eigenvalue weighted by atomic mass is 9.96. The van der Waals surface area contributed by atoms with Gasteiger partial charge in [-0.2, -0.15) is 0 Å². The topological polar surface area (TPSA) is 156 Å². The molecular formula is C38H32ClN5O5. The molecule has 3 amide bonds. The van der Waals surface area contributed by atoms with Gasteiger partial charge in [0, 0.05) is 33.9 Å². The molecule has 5 aromatic rings. The van der Waals surface area contributed by atoms with Gasteiger partial charge in [0.05, 0.1) is 44.4 Å². The first-order chi connectivity index (χ1) is 23.4. The first-order valence-corrected chi connectivity index (χ1v) is 15.7. The van der Waals surface area contributed by atoms with Crippen LogP contribution in [-0.2, 0) is 19.2 Å². The van der Waals surface area contributed by atoms with Gasteiger partial charge in [0.1, 0.15) is 0 Å². The van der Waals surface area contributed by atoms with Crippen LogP contribution in [0.5, 0.6) is 0 Å². The van der Waals surface area contributed by atoms with Gasteiger partial charge in [0.2, 0.25) is 0 Å². The number of nitrogens with one attached hydrogen (secondary N) is 5. The van der Waals surface area contributed by atoms with Gasteiger partial charge in [-0.1, -0.05) is 60.1 Å². The van der Waals surface area contributed by atoms with E-state index in [1.807, 2.05) is 64.1 Å². The molecule has 2 aliphatic rings. The summed E-state index contributed by atoms with van der Waals surface area (Å²) in [5.74, 6) is -2.22. The molecule has 6 N–H and O–H groups in total. The molecule has 4 heterocycles. The van der Waals surface area contributed by atoms with Crippen LogP contribution in [0.25, 0.3) is 22.3 Å².